The highest BCUT2D eigenvalue weighted by molar-refractivity contribution is 5.96. The van der Waals surface area contributed by atoms with Crippen LogP contribution in [0.3, 0.4) is 0 Å². The zero-order valence-electron chi connectivity index (χ0n) is 18.3. The molecule has 3 aromatic rings. The summed E-state index contributed by atoms with van der Waals surface area (Å²) in [6, 6.07) is 23.3. The molecule has 30 heavy (non-hydrogen) atoms. The van der Waals surface area contributed by atoms with Crippen LogP contribution in [0.1, 0.15) is 67.0 Å². The highest BCUT2D eigenvalue weighted by Crippen LogP contribution is 2.63. The van der Waals surface area contributed by atoms with Crippen molar-refractivity contribution >= 4 is 5.57 Å². The Labute approximate surface area is 180 Å². The number of allylic oxidation sites excluding steroid dienone is 4. The van der Waals surface area contributed by atoms with E-state index in [1.165, 1.54) is 50.1 Å². The predicted molar refractivity (Wildman–Crippen MR) is 127 cm³/mol. The second-order valence-corrected chi connectivity index (χ2v) is 10.1. The fraction of sp³-hybridized carbons (Fsp3) is 0.267. The second-order valence-electron chi connectivity index (χ2n) is 10.1. The summed E-state index contributed by atoms with van der Waals surface area (Å²) in [6.07, 6.45) is 7.09. The van der Waals surface area contributed by atoms with Crippen molar-refractivity contribution < 1.29 is 0 Å². The normalized spacial score (nSPS) is 20.9. The zero-order chi connectivity index (χ0) is 20.7. The van der Waals surface area contributed by atoms with Gasteiger partial charge in [-0.2, -0.15) is 0 Å². The molecule has 1 unspecified atom stereocenters. The van der Waals surface area contributed by atoms with Crippen molar-refractivity contribution in [2.24, 2.45) is 0 Å². The van der Waals surface area contributed by atoms with E-state index in [2.05, 4.69) is 101 Å². The fourth-order valence-corrected chi connectivity index (χ4v) is 6.12. The minimum absolute atomic E-state index is 0.123. The molecule has 0 heterocycles. The maximum absolute atomic E-state index is 2.52. The average molecular weight is 389 g/mol. The molecule has 0 N–H and O–H groups in total. The number of aryl methyl sites for hydroxylation is 1. The van der Waals surface area contributed by atoms with Gasteiger partial charge in [-0.05, 0) is 80.8 Å². The molecular formula is C30H28. The Bertz CT molecular complexity index is 1280. The topological polar surface area (TPSA) is 0 Å². The van der Waals surface area contributed by atoms with Crippen LogP contribution in [-0.2, 0) is 10.8 Å². The van der Waals surface area contributed by atoms with Gasteiger partial charge >= 0.3 is 0 Å². The zero-order valence-corrected chi connectivity index (χ0v) is 18.3. The van der Waals surface area contributed by atoms with E-state index in [4.69, 9.17) is 0 Å². The third-order valence-electron chi connectivity index (χ3n) is 7.47. The molecule has 6 rings (SSSR count). The number of rotatable bonds is 0. The molecule has 0 radical (unpaired) electrons. The van der Waals surface area contributed by atoms with Gasteiger partial charge in [-0.1, -0.05) is 93.6 Å². The summed E-state index contributed by atoms with van der Waals surface area (Å²) >= 11 is 0. The Morgan fingerprint density at radius 1 is 0.800 bits per heavy atom. The van der Waals surface area contributed by atoms with E-state index in [0.717, 1.165) is 12.8 Å². The van der Waals surface area contributed by atoms with Gasteiger partial charge < -0.3 is 0 Å². The highest BCUT2D eigenvalue weighted by atomic mass is 14.5. The summed E-state index contributed by atoms with van der Waals surface area (Å²) in [4.78, 5) is 0. The molecule has 1 atom stereocenters. The van der Waals surface area contributed by atoms with E-state index in [-0.39, 0.29) is 10.8 Å². The molecular weight excluding hydrogens is 360 g/mol. The first kappa shape index (κ1) is 18.0. The standard InChI is InChI=1S/C30H28/c1-19-10-9-15-26-28(19)23-17-16-20(29(2,3)4)18-27(23)30(26)24-13-7-5-11-21(24)22-12-6-8-14-25(22)30/h5,7-11,13-18H,6,12H2,1-4H3. The lowest BCUT2D eigenvalue weighted by Crippen LogP contribution is -2.27. The molecule has 0 amide bonds. The Kier molecular flexibility index (Phi) is 3.50. The summed E-state index contributed by atoms with van der Waals surface area (Å²) < 4.78 is 0. The lowest BCUT2D eigenvalue weighted by atomic mass is 9.68. The van der Waals surface area contributed by atoms with Crippen LogP contribution in [0.5, 0.6) is 0 Å². The molecule has 0 fully saturated rings. The average Bonchev–Trinajstić information content (AvgIpc) is 3.21. The van der Waals surface area contributed by atoms with Crippen LogP contribution >= 0.6 is 0 Å². The molecule has 1 spiro atoms. The van der Waals surface area contributed by atoms with Crippen molar-refractivity contribution in [3.05, 3.63) is 112 Å². The van der Waals surface area contributed by atoms with Crippen LogP contribution in [0, 0.1) is 6.92 Å². The minimum atomic E-state index is -0.180. The molecule has 0 heteroatoms. The smallest absolute Gasteiger partial charge is 0.0722 e. The van der Waals surface area contributed by atoms with E-state index < -0.39 is 0 Å². The summed E-state index contributed by atoms with van der Waals surface area (Å²) in [7, 11) is 0. The van der Waals surface area contributed by atoms with Crippen molar-refractivity contribution in [1.29, 1.82) is 0 Å². The first-order valence-electron chi connectivity index (χ1n) is 11.2. The minimum Gasteiger partial charge on any atom is -0.0839 e. The molecule has 0 bridgehead atoms. The lowest BCUT2D eigenvalue weighted by molar-refractivity contribution is 0.588. The molecule has 3 aliphatic carbocycles. The van der Waals surface area contributed by atoms with Crippen molar-refractivity contribution in [3.63, 3.8) is 0 Å². The Morgan fingerprint density at radius 3 is 2.43 bits per heavy atom. The molecule has 0 saturated heterocycles. The molecule has 0 aromatic heterocycles. The van der Waals surface area contributed by atoms with E-state index in [1.807, 2.05) is 0 Å². The SMILES string of the molecule is Cc1cccc2c1-c1ccc(C(C)(C)C)cc1C21C2=C(CCC=C2)c2ccccc21. The molecule has 3 aliphatic rings. The third-order valence-corrected chi connectivity index (χ3v) is 7.47. The fourth-order valence-electron chi connectivity index (χ4n) is 6.12. The maximum Gasteiger partial charge on any atom is 0.0722 e. The van der Waals surface area contributed by atoms with Gasteiger partial charge in [0.25, 0.3) is 0 Å². The second kappa shape index (κ2) is 5.85. The summed E-state index contributed by atoms with van der Waals surface area (Å²) in [5.74, 6) is 0. The van der Waals surface area contributed by atoms with Gasteiger partial charge in [0, 0.05) is 0 Å². The van der Waals surface area contributed by atoms with Crippen molar-refractivity contribution in [2.45, 2.75) is 51.4 Å². The van der Waals surface area contributed by atoms with Crippen LogP contribution in [0.15, 0.2) is 78.4 Å². The van der Waals surface area contributed by atoms with Crippen LogP contribution in [0.4, 0.5) is 0 Å². The molecule has 148 valence electrons. The monoisotopic (exact) mass is 388 g/mol. The number of benzene rings is 3. The predicted octanol–water partition coefficient (Wildman–Crippen LogP) is 7.72. The van der Waals surface area contributed by atoms with Crippen molar-refractivity contribution in [2.75, 3.05) is 0 Å². The molecule has 0 nitrogen and oxygen atoms in total. The summed E-state index contributed by atoms with van der Waals surface area (Å²) in [5.41, 5.74) is 14.5. The van der Waals surface area contributed by atoms with E-state index in [0.29, 0.717) is 0 Å². The molecule has 0 saturated carbocycles. The van der Waals surface area contributed by atoms with E-state index >= 15 is 0 Å². The number of fused-ring (bicyclic) bond motifs is 9. The third kappa shape index (κ3) is 2.07. The molecule has 3 aromatic carbocycles. The summed E-state index contributed by atoms with van der Waals surface area (Å²) in [5, 5.41) is 0. The van der Waals surface area contributed by atoms with Gasteiger partial charge in [-0.3, -0.25) is 0 Å². The highest BCUT2D eigenvalue weighted by Gasteiger charge is 2.52. The van der Waals surface area contributed by atoms with Gasteiger partial charge in [0.05, 0.1) is 5.41 Å². The number of hydrogen-bond donors (Lipinski definition) is 0. The van der Waals surface area contributed by atoms with Gasteiger partial charge in [0.1, 0.15) is 0 Å². The van der Waals surface area contributed by atoms with Crippen LogP contribution in [-0.4, -0.2) is 0 Å². The number of hydrogen-bond acceptors (Lipinski definition) is 0. The van der Waals surface area contributed by atoms with Crippen LogP contribution in [0.25, 0.3) is 16.7 Å². The maximum atomic E-state index is 2.52. The Morgan fingerprint density at radius 2 is 1.60 bits per heavy atom. The van der Waals surface area contributed by atoms with E-state index in [9.17, 15) is 0 Å². The lowest BCUT2D eigenvalue weighted by Gasteiger charge is -2.33. The van der Waals surface area contributed by atoms with Crippen LogP contribution < -0.4 is 0 Å². The van der Waals surface area contributed by atoms with Crippen molar-refractivity contribution in [1.82, 2.24) is 0 Å². The Hall–Kier alpha value is -2.86. The van der Waals surface area contributed by atoms with Gasteiger partial charge in [0.15, 0.2) is 0 Å². The van der Waals surface area contributed by atoms with Crippen molar-refractivity contribution in [3.8, 4) is 11.1 Å². The molecule has 0 aliphatic heterocycles. The van der Waals surface area contributed by atoms with E-state index in [1.54, 1.807) is 5.57 Å². The van der Waals surface area contributed by atoms with Crippen LogP contribution in [0.2, 0.25) is 0 Å². The van der Waals surface area contributed by atoms with Gasteiger partial charge in [0.2, 0.25) is 0 Å². The Balaban J connectivity index is 1.81. The first-order chi connectivity index (χ1) is 14.4. The quantitative estimate of drug-likeness (QED) is 0.370. The first-order valence-corrected chi connectivity index (χ1v) is 11.2. The largest absolute Gasteiger partial charge is 0.0839 e. The summed E-state index contributed by atoms with van der Waals surface area (Å²) in [6.45, 7) is 9.24. The van der Waals surface area contributed by atoms with Gasteiger partial charge in [-0.25, -0.2) is 0 Å². The van der Waals surface area contributed by atoms with Gasteiger partial charge in [-0.15, -0.1) is 0 Å².